The van der Waals surface area contributed by atoms with Crippen LogP contribution in [0.1, 0.15) is 68.5 Å². The summed E-state index contributed by atoms with van der Waals surface area (Å²) in [5.41, 5.74) is 0.0559. The van der Waals surface area contributed by atoms with Crippen LogP contribution in [0, 0.1) is 5.92 Å². The number of rotatable bonds is 3. The number of aryl methyl sites for hydroxylation is 1. The Morgan fingerprint density at radius 3 is 2.95 bits per heavy atom. The number of nitrogens with zero attached hydrogens (tertiary/aromatic N) is 1. The lowest BCUT2D eigenvalue weighted by atomic mass is 9.72. The van der Waals surface area contributed by atoms with Gasteiger partial charge in [0.05, 0.1) is 17.4 Å². The van der Waals surface area contributed by atoms with Crippen molar-refractivity contribution in [2.24, 2.45) is 5.92 Å². The molecule has 2 fully saturated rings. The van der Waals surface area contributed by atoms with Gasteiger partial charge in [0.2, 0.25) is 0 Å². The second-order valence-corrected chi connectivity index (χ2v) is 7.03. The molecule has 0 unspecified atom stereocenters. The van der Waals surface area contributed by atoms with E-state index >= 15 is 0 Å². The highest BCUT2D eigenvalue weighted by molar-refractivity contribution is 5.95. The highest BCUT2D eigenvalue weighted by Gasteiger charge is 2.45. The van der Waals surface area contributed by atoms with Gasteiger partial charge < -0.3 is 14.4 Å². The molecule has 1 saturated heterocycles. The number of carbonyl (C=O) groups excluding carboxylic acids is 1. The molecule has 1 aliphatic heterocycles. The van der Waals surface area contributed by atoms with Crippen LogP contribution in [0.2, 0.25) is 0 Å². The Balaban J connectivity index is 1.82. The fourth-order valence-corrected chi connectivity index (χ4v) is 4.37. The summed E-state index contributed by atoms with van der Waals surface area (Å²) in [5.74, 6) is 1.05. The lowest BCUT2D eigenvalue weighted by Crippen LogP contribution is -2.50. The fraction of sp³-hybridized carbons (Fsp3) is 0.722. The molecule has 1 aliphatic carbocycles. The second-order valence-electron chi connectivity index (χ2n) is 7.03. The summed E-state index contributed by atoms with van der Waals surface area (Å²) in [7, 11) is 0. The molecule has 122 valence electrons. The van der Waals surface area contributed by atoms with Crippen LogP contribution < -0.4 is 0 Å². The Kier molecular flexibility index (Phi) is 4.31. The smallest absolute Gasteiger partial charge is 0.257 e. The summed E-state index contributed by atoms with van der Waals surface area (Å²) in [6, 6.07) is 1.96. The van der Waals surface area contributed by atoms with Crippen molar-refractivity contribution in [1.82, 2.24) is 4.90 Å². The van der Waals surface area contributed by atoms with Gasteiger partial charge in [-0.25, -0.2) is 0 Å². The molecule has 22 heavy (non-hydrogen) atoms. The Labute approximate surface area is 132 Å². The standard InChI is InChI=1S/C18H27NO3/c1-3-16-13(9-12-22-16)17(20)19-11-6-8-15(19)14-7-4-5-10-18(14,2)21/h9,12,14-15,21H,3-8,10-11H2,1-2H3/t14-,15-,18+/m1/s1. The zero-order valence-electron chi connectivity index (χ0n) is 13.7. The molecular formula is C18H27NO3. The minimum atomic E-state index is -0.643. The fourth-order valence-electron chi connectivity index (χ4n) is 4.37. The monoisotopic (exact) mass is 305 g/mol. The molecule has 1 aromatic heterocycles. The molecule has 4 heteroatoms. The van der Waals surface area contributed by atoms with Gasteiger partial charge >= 0.3 is 0 Å². The van der Waals surface area contributed by atoms with Gasteiger partial charge in [-0.05, 0) is 38.7 Å². The third kappa shape index (κ3) is 2.69. The maximum absolute atomic E-state index is 12.9. The summed E-state index contributed by atoms with van der Waals surface area (Å²) in [6.45, 7) is 4.75. The van der Waals surface area contributed by atoms with Crippen LogP contribution in [-0.2, 0) is 6.42 Å². The number of hydrogen-bond acceptors (Lipinski definition) is 3. The average Bonchev–Trinajstić information content (AvgIpc) is 3.14. The van der Waals surface area contributed by atoms with Gasteiger partial charge in [-0.1, -0.05) is 19.8 Å². The first-order valence-electron chi connectivity index (χ1n) is 8.64. The number of carbonyl (C=O) groups is 1. The third-order valence-electron chi connectivity index (χ3n) is 5.57. The minimum Gasteiger partial charge on any atom is -0.469 e. The highest BCUT2D eigenvalue weighted by atomic mass is 16.3. The van der Waals surface area contributed by atoms with Crippen LogP contribution in [-0.4, -0.2) is 34.1 Å². The first kappa shape index (κ1) is 15.6. The predicted octanol–water partition coefficient (Wildman–Crippen LogP) is 3.39. The van der Waals surface area contributed by atoms with E-state index < -0.39 is 5.60 Å². The van der Waals surface area contributed by atoms with Gasteiger partial charge in [-0.3, -0.25) is 4.79 Å². The lowest BCUT2D eigenvalue weighted by molar-refractivity contribution is -0.0577. The van der Waals surface area contributed by atoms with Crippen LogP contribution in [0.4, 0.5) is 0 Å². The van der Waals surface area contributed by atoms with Crippen molar-refractivity contribution in [2.45, 2.75) is 70.4 Å². The molecule has 2 heterocycles. The molecular weight excluding hydrogens is 278 g/mol. The van der Waals surface area contributed by atoms with E-state index in [1.165, 1.54) is 0 Å². The quantitative estimate of drug-likeness (QED) is 0.931. The minimum absolute atomic E-state index is 0.0782. The molecule has 2 aliphatic rings. The molecule has 3 atom stereocenters. The van der Waals surface area contributed by atoms with Gasteiger partial charge in [0.25, 0.3) is 5.91 Å². The zero-order valence-corrected chi connectivity index (χ0v) is 13.7. The first-order valence-corrected chi connectivity index (χ1v) is 8.64. The Hall–Kier alpha value is -1.29. The third-order valence-corrected chi connectivity index (χ3v) is 5.57. The molecule has 0 aromatic carbocycles. The zero-order chi connectivity index (χ0) is 15.7. The Morgan fingerprint density at radius 2 is 2.23 bits per heavy atom. The van der Waals surface area contributed by atoms with Gasteiger partial charge in [0.1, 0.15) is 5.76 Å². The molecule has 0 bridgehead atoms. The van der Waals surface area contributed by atoms with E-state index in [1.54, 1.807) is 12.3 Å². The summed E-state index contributed by atoms with van der Waals surface area (Å²) >= 11 is 0. The van der Waals surface area contributed by atoms with Crippen molar-refractivity contribution in [1.29, 1.82) is 0 Å². The van der Waals surface area contributed by atoms with Crippen LogP contribution in [0.3, 0.4) is 0 Å². The molecule has 0 spiro atoms. The van der Waals surface area contributed by atoms with E-state index in [2.05, 4.69) is 0 Å². The van der Waals surface area contributed by atoms with Crippen LogP contribution >= 0.6 is 0 Å². The predicted molar refractivity (Wildman–Crippen MR) is 84.7 cm³/mol. The molecule has 0 radical (unpaired) electrons. The number of likely N-dealkylation sites (tertiary alicyclic amines) is 1. The van der Waals surface area contributed by atoms with Crippen LogP contribution in [0.25, 0.3) is 0 Å². The van der Waals surface area contributed by atoms with Crippen molar-refractivity contribution in [3.05, 3.63) is 23.7 Å². The molecule has 1 amide bonds. The lowest BCUT2D eigenvalue weighted by Gasteiger charge is -2.43. The van der Waals surface area contributed by atoms with E-state index in [9.17, 15) is 9.90 Å². The molecule has 3 rings (SSSR count). The number of hydrogen-bond donors (Lipinski definition) is 1. The molecule has 1 aromatic rings. The normalized spacial score (nSPS) is 32.4. The summed E-state index contributed by atoms with van der Waals surface area (Å²) < 4.78 is 5.42. The van der Waals surface area contributed by atoms with Crippen molar-refractivity contribution in [3.8, 4) is 0 Å². The van der Waals surface area contributed by atoms with Gasteiger partial charge in [0.15, 0.2) is 0 Å². The van der Waals surface area contributed by atoms with E-state index in [4.69, 9.17) is 4.42 Å². The Bertz CT molecular complexity index is 534. The van der Waals surface area contributed by atoms with Crippen molar-refractivity contribution in [3.63, 3.8) is 0 Å². The molecule has 1 N–H and O–H groups in total. The highest BCUT2D eigenvalue weighted by Crippen LogP contribution is 2.41. The Morgan fingerprint density at radius 1 is 1.41 bits per heavy atom. The maximum Gasteiger partial charge on any atom is 0.257 e. The van der Waals surface area contributed by atoms with Gasteiger partial charge in [-0.15, -0.1) is 0 Å². The molecule has 1 saturated carbocycles. The van der Waals surface area contributed by atoms with Crippen LogP contribution in [0.5, 0.6) is 0 Å². The topological polar surface area (TPSA) is 53.7 Å². The van der Waals surface area contributed by atoms with Crippen molar-refractivity contribution >= 4 is 5.91 Å². The second kappa shape index (κ2) is 6.07. The van der Waals surface area contributed by atoms with E-state index in [0.29, 0.717) is 5.56 Å². The van der Waals surface area contributed by atoms with Gasteiger partial charge in [-0.2, -0.15) is 0 Å². The van der Waals surface area contributed by atoms with E-state index in [0.717, 1.165) is 57.3 Å². The summed E-state index contributed by atoms with van der Waals surface area (Å²) in [4.78, 5) is 14.9. The van der Waals surface area contributed by atoms with E-state index in [1.807, 2.05) is 18.7 Å². The van der Waals surface area contributed by atoms with Gasteiger partial charge in [0, 0.05) is 24.9 Å². The summed E-state index contributed by atoms with van der Waals surface area (Å²) in [5, 5.41) is 10.8. The van der Waals surface area contributed by atoms with Crippen molar-refractivity contribution < 1.29 is 14.3 Å². The van der Waals surface area contributed by atoms with E-state index in [-0.39, 0.29) is 17.9 Å². The first-order chi connectivity index (χ1) is 10.5. The number of furan rings is 1. The van der Waals surface area contributed by atoms with Crippen molar-refractivity contribution in [2.75, 3.05) is 6.54 Å². The molecule has 4 nitrogen and oxygen atoms in total. The summed E-state index contributed by atoms with van der Waals surface area (Å²) in [6.07, 6.45) is 8.49. The SMILES string of the molecule is CCc1occc1C(=O)N1CCC[C@@H]1[C@H]1CCCC[C@]1(C)O. The number of amides is 1. The number of aliphatic hydroxyl groups is 1. The van der Waals surface area contributed by atoms with Crippen LogP contribution in [0.15, 0.2) is 16.7 Å². The maximum atomic E-state index is 12.9. The largest absolute Gasteiger partial charge is 0.469 e. The average molecular weight is 305 g/mol.